The van der Waals surface area contributed by atoms with Crippen LogP contribution in [0.5, 0.6) is 17.2 Å². The van der Waals surface area contributed by atoms with Gasteiger partial charge in [-0.2, -0.15) is 0 Å². The summed E-state index contributed by atoms with van der Waals surface area (Å²) >= 11 is 0. The van der Waals surface area contributed by atoms with Gasteiger partial charge in [-0.1, -0.05) is 32.0 Å². The molecule has 2 amide bonds. The number of ether oxygens (including phenoxy) is 2. The second-order valence-corrected chi connectivity index (χ2v) is 8.36. The molecule has 9 heteroatoms. The summed E-state index contributed by atoms with van der Waals surface area (Å²) in [7, 11) is 0. The van der Waals surface area contributed by atoms with Gasteiger partial charge in [-0.05, 0) is 47.7 Å². The maximum absolute atomic E-state index is 13.1. The average Bonchev–Trinajstić information content (AvgIpc) is 3.21. The third-order valence-electron chi connectivity index (χ3n) is 5.15. The van der Waals surface area contributed by atoms with Crippen LogP contribution in [0.15, 0.2) is 42.5 Å². The number of rotatable bonds is 10. The lowest BCUT2D eigenvalue weighted by Gasteiger charge is -2.24. The van der Waals surface area contributed by atoms with E-state index in [1.165, 1.54) is 12.1 Å². The highest BCUT2D eigenvalue weighted by Crippen LogP contribution is 2.34. The first-order valence-electron chi connectivity index (χ1n) is 10.7. The molecule has 1 unspecified atom stereocenters. The zero-order chi connectivity index (χ0) is 24.0. The molecule has 0 saturated carbocycles. The van der Waals surface area contributed by atoms with E-state index >= 15 is 0 Å². The van der Waals surface area contributed by atoms with E-state index in [4.69, 9.17) is 9.47 Å². The maximum Gasteiger partial charge on any atom is 0.305 e. The highest BCUT2D eigenvalue weighted by atomic mass is 16.7. The van der Waals surface area contributed by atoms with Crippen molar-refractivity contribution in [1.29, 1.82) is 0 Å². The number of benzene rings is 2. The minimum Gasteiger partial charge on any atom is -0.508 e. The predicted molar refractivity (Wildman–Crippen MR) is 119 cm³/mol. The molecule has 2 atom stereocenters. The zero-order valence-electron chi connectivity index (χ0n) is 18.5. The number of phenolic OH excluding ortho intramolecular Hbond substituents is 1. The van der Waals surface area contributed by atoms with Gasteiger partial charge >= 0.3 is 5.97 Å². The van der Waals surface area contributed by atoms with Crippen molar-refractivity contribution < 1.29 is 34.1 Å². The summed E-state index contributed by atoms with van der Waals surface area (Å²) in [6.07, 6.45) is 0.0954. The topological polar surface area (TPSA) is 134 Å². The minimum atomic E-state index is -1.07. The Morgan fingerprint density at radius 2 is 1.70 bits per heavy atom. The number of amides is 2. The first kappa shape index (κ1) is 23.9. The largest absolute Gasteiger partial charge is 0.508 e. The fourth-order valence-electron chi connectivity index (χ4n) is 3.58. The lowest BCUT2D eigenvalue weighted by Crippen LogP contribution is -2.49. The quantitative estimate of drug-likeness (QED) is 0.432. The number of carboxylic acids is 1. The molecule has 0 saturated heterocycles. The smallest absolute Gasteiger partial charge is 0.305 e. The Kier molecular flexibility index (Phi) is 7.76. The standard InChI is InChI=1S/C24H28N2O7/c1-14(2)9-19(25-22(28)10-15-3-6-17(27)7-4-15)24(31)26-18(12-23(29)30)16-5-8-20-21(11-16)33-13-32-20/h3-8,11,14,18-19,27H,9-10,12-13H2,1-2H3,(H,25,28)(H,26,31)(H,29,30)/t18?,19-/m0/s1. The van der Waals surface area contributed by atoms with Gasteiger partial charge in [0.15, 0.2) is 11.5 Å². The van der Waals surface area contributed by atoms with Crippen LogP contribution in [0.1, 0.15) is 43.9 Å². The van der Waals surface area contributed by atoms with Gasteiger partial charge < -0.3 is 30.3 Å². The molecule has 0 bridgehead atoms. The highest BCUT2D eigenvalue weighted by Gasteiger charge is 2.27. The van der Waals surface area contributed by atoms with Crippen molar-refractivity contribution in [2.45, 2.75) is 45.2 Å². The number of aliphatic carboxylic acids is 1. The van der Waals surface area contributed by atoms with Gasteiger partial charge in [-0.25, -0.2) is 0 Å². The third-order valence-corrected chi connectivity index (χ3v) is 5.15. The summed E-state index contributed by atoms with van der Waals surface area (Å²) in [4.78, 5) is 37.1. The number of aromatic hydroxyl groups is 1. The third kappa shape index (κ3) is 6.86. The molecule has 0 fully saturated rings. The molecule has 33 heavy (non-hydrogen) atoms. The first-order valence-corrected chi connectivity index (χ1v) is 10.7. The van der Waals surface area contributed by atoms with E-state index in [0.29, 0.717) is 29.0 Å². The van der Waals surface area contributed by atoms with Crippen molar-refractivity contribution in [3.05, 3.63) is 53.6 Å². The Balaban J connectivity index is 1.72. The molecule has 9 nitrogen and oxygen atoms in total. The van der Waals surface area contributed by atoms with E-state index in [9.17, 15) is 24.6 Å². The fraction of sp³-hybridized carbons (Fsp3) is 0.375. The van der Waals surface area contributed by atoms with Crippen LogP contribution >= 0.6 is 0 Å². The summed E-state index contributed by atoms with van der Waals surface area (Å²) in [5.74, 6) is -0.639. The van der Waals surface area contributed by atoms with Gasteiger partial charge in [0, 0.05) is 0 Å². The zero-order valence-corrected chi connectivity index (χ0v) is 18.5. The number of fused-ring (bicyclic) bond motifs is 1. The van der Waals surface area contributed by atoms with Crippen LogP contribution in [-0.4, -0.2) is 40.8 Å². The molecular formula is C24H28N2O7. The van der Waals surface area contributed by atoms with E-state index in [0.717, 1.165) is 0 Å². The van der Waals surface area contributed by atoms with Crippen molar-refractivity contribution in [3.8, 4) is 17.2 Å². The van der Waals surface area contributed by atoms with Crippen LogP contribution in [0.2, 0.25) is 0 Å². The Morgan fingerprint density at radius 1 is 1.00 bits per heavy atom. The van der Waals surface area contributed by atoms with Gasteiger partial charge in [-0.15, -0.1) is 0 Å². The van der Waals surface area contributed by atoms with Crippen molar-refractivity contribution in [2.75, 3.05) is 6.79 Å². The van der Waals surface area contributed by atoms with Crippen LogP contribution in [0.4, 0.5) is 0 Å². The number of carboxylic acid groups (broad SMARTS) is 1. The van der Waals surface area contributed by atoms with Crippen molar-refractivity contribution in [1.82, 2.24) is 10.6 Å². The van der Waals surface area contributed by atoms with Crippen LogP contribution in [0, 0.1) is 5.92 Å². The van der Waals surface area contributed by atoms with Crippen LogP contribution in [-0.2, 0) is 20.8 Å². The molecular weight excluding hydrogens is 428 g/mol. The summed E-state index contributed by atoms with van der Waals surface area (Å²) in [6, 6.07) is 9.60. The molecule has 1 heterocycles. The molecule has 1 aliphatic rings. The van der Waals surface area contributed by atoms with Crippen LogP contribution < -0.4 is 20.1 Å². The average molecular weight is 456 g/mol. The summed E-state index contributed by atoms with van der Waals surface area (Å²) < 4.78 is 10.7. The van der Waals surface area contributed by atoms with E-state index in [1.54, 1.807) is 30.3 Å². The van der Waals surface area contributed by atoms with Gasteiger partial charge in [0.2, 0.25) is 18.6 Å². The first-order chi connectivity index (χ1) is 15.7. The molecule has 3 rings (SSSR count). The van der Waals surface area contributed by atoms with E-state index < -0.39 is 24.0 Å². The monoisotopic (exact) mass is 456 g/mol. The van der Waals surface area contributed by atoms with E-state index in [2.05, 4.69) is 10.6 Å². The molecule has 0 radical (unpaired) electrons. The van der Waals surface area contributed by atoms with Crippen LogP contribution in [0.25, 0.3) is 0 Å². The molecule has 4 N–H and O–H groups in total. The Labute approximate surface area is 191 Å². The molecule has 2 aromatic carbocycles. The van der Waals surface area contributed by atoms with Crippen LogP contribution in [0.3, 0.4) is 0 Å². The number of carbonyl (C=O) groups excluding carboxylic acids is 2. The number of hydrogen-bond donors (Lipinski definition) is 4. The van der Waals surface area contributed by atoms with Gasteiger partial charge in [0.1, 0.15) is 11.8 Å². The normalized spacial score (nSPS) is 13.9. The maximum atomic E-state index is 13.1. The van der Waals surface area contributed by atoms with Crippen molar-refractivity contribution in [3.63, 3.8) is 0 Å². The SMILES string of the molecule is CC(C)C[C@H](NC(=O)Cc1ccc(O)cc1)C(=O)NC(CC(=O)O)c1ccc2c(c1)OCO2. The van der Waals surface area contributed by atoms with E-state index in [1.807, 2.05) is 13.8 Å². The van der Waals surface area contributed by atoms with Gasteiger partial charge in [0.25, 0.3) is 0 Å². The lowest BCUT2D eigenvalue weighted by atomic mass is 9.99. The predicted octanol–water partition coefficient (Wildman–Crippen LogP) is 2.53. The molecule has 1 aliphatic heterocycles. The molecule has 176 valence electrons. The Bertz CT molecular complexity index is 1000. The number of phenols is 1. The van der Waals surface area contributed by atoms with Crippen molar-refractivity contribution in [2.24, 2.45) is 5.92 Å². The fourth-order valence-corrected chi connectivity index (χ4v) is 3.58. The second kappa shape index (κ2) is 10.7. The molecule has 0 spiro atoms. The summed E-state index contributed by atoms with van der Waals surface area (Å²) in [5, 5.41) is 24.3. The molecule has 0 aromatic heterocycles. The number of carbonyl (C=O) groups is 3. The molecule has 2 aromatic rings. The summed E-state index contributed by atoms with van der Waals surface area (Å²) in [5.41, 5.74) is 1.26. The molecule has 0 aliphatic carbocycles. The Morgan fingerprint density at radius 3 is 2.36 bits per heavy atom. The second-order valence-electron chi connectivity index (χ2n) is 8.36. The Hall–Kier alpha value is -3.75. The van der Waals surface area contributed by atoms with Gasteiger partial charge in [-0.3, -0.25) is 14.4 Å². The highest BCUT2D eigenvalue weighted by molar-refractivity contribution is 5.89. The number of nitrogens with one attached hydrogen (secondary N) is 2. The van der Waals surface area contributed by atoms with E-state index in [-0.39, 0.29) is 37.2 Å². The lowest BCUT2D eigenvalue weighted by molar-refractivity contribution is -0.138. The number of hydrogen-bond acceptors (Lipinski definition) is 6. The van der Waals surface area contributed by atoms with Gasteiger partial charge in [0.05, 0.1) is 18.9 Å². The van der Waals surface area contributed by atoms with Crippen molar-refractivity contribution >= 4 is 17.8 Å². The minimum absolute atomic E-state index is 0.0445. The summed E-state index contributed by atoms with van der Waals surface area (Å²) in [6.45, 7) is 3.94.